The summed E-state index contributed by atoms with van der Waals surface area (Å²) in [6.07, 6.45) is 2.04. The minimum absolute atomic E-state index is 0.319. The number of fused-ring (bicyclic) bond motifs is 1. The second-order valence-corrected chi connectivity index (χ2v) is 6.32. The van der Waals surface area contributed by atoms with Gasteiger partial charge >= 0.3 is 0 Å². The van der Waals surface area contributed by atoms with Gasteiger partial charge in [0.25, 0.3) is 0 Å². The molecule has 1 N–H and O–H groups in total. The SMILES string of the molecule is CCCc1nnc2n1NC(c1cc(C)ccc1C)CS2. The van der Waals surface area contributed by atoms with Gasteiger partial charge < -0.3 is 5.43 Å². The molecule has 0 saturated carbocycles. The van der Waals surface area contributed by atoms with E-state index in [0.717, 1.165) is 29.6 Å². The van der Waals surface area contributed by atoms with Crippen molar-refractivity contribution in [3.63, 3.8) is 0 Å². The molecule has 1 aliphatic rings. The average molecular weight is 288 g/mol. The van der Waals surface area contributed by atoms with Crippen LogP contribution in [-0.4, -0.2) is 20.6 Å². The van der Waals surface area contributed by atoms with Crippen LogP contribution in [0.1, 0.15) is 41.9 Å². The molecule has 0 bridgehead atoms. The minimum atomic E-state index is 0.319. The topological polar surface area (TPSA) is 42.7 Å². The number of rotatable bonds is 3. The van der Waals surface area contributed by atoms with E-state index in [9.17, 15) is 0 Å². The quantitative estimate of drug-likeness (QED) is 0.941. The van der Waals surface area contributed by atoms with Crippen LogP contribution in [0.25, 0.3) is 0 Å². The number of aryl methyl sites for hydroxylation is 3. The first kappa shape index (κ1) is 13.5. The van der Waals surface area contributed by atoms with Crippen molar-refractivity contribution in [3.8, 4) is 0 Å². The third-order valence-corrected chi connectivity index (χ3v) is 4.67. The number of thioether (sulfide) groups is 1. The van der Waals surface area contributed by atoms with E-state index < -0.39 is 0 Å². The highest BCUT2D eigenvalue weighted by Crippen LogP contribution is 2.31. The minimum Gasteiger partial charge on any atom is -0.314 e. The molecule has 1 aromatic carbocycles. The van der Waals surface area contributed by atoms with E-state index in [4.69, 9.17) is 0 Å². The van der Waals surface area contributed by atoms with Gasteiger partial charge in [0, 0.05) is 12.2 Å². The first-order valence-corrected chi connectivity index (χ1v) is 8.08. The summed E-state index contributed by atoms with van der Waals surface area (Å²) in [5, 5.41) is 9.52. The lowest BCUT2D eigenvalue weighted by Crippen LogP contribution is -2.29. The lowest BCUT2D eigenvalue weighted by molar-refractivity contribution is 0.625. The van der Waals surface area contributed by atoms with Gasteiger partial charge in [0.2, 0.25) is 5.16 Å². The van der Waals surface area contributed by atoms with Crippen LogP contribution >= 0.6 is 11.8 Å². The molecule has 5 heteroatoms. The summed E-state index contributed by atoms with van der Waals surface area (Å²) in [5.74, 6) is 2.03. The molecular formula is C15H20N4S. The molecular weight excluding hydrogens is 268 g/mol. The predicted molar refractivity (Wildman–Crippen MR) is 82.8 cm³/mol. The summed E-state index contributed by atoms with van der Waals surface area (Å²) in [6.45, 7) is 6.49. The van der Waals surface area contributed by atoms with E-state index in [0.29, 0.717) is 6.04 Å². The Hall–Kier alpha value is -1.49. The van der Waals surface area contributed by atoms with Gasteiger partial charge in [-0.1, -0.05) is 42.4 Å². The zero-order valence-electron chi connectivity index (χ0n) is 12.2. The summed E-state index contributed by atoms with van der Waals surface area (Å²) in [4.78, 5) is 0. The smallest absolute Gasteiger partial charge is 0.210 e. The number of nitrogens with one attached hydrogen (secondary N) is 1. The van der Waals surface area contributed by atoms with Gasteiger partial charge in [-0.15, -0.1) is 10.2 Å². The highest BCUT2D eigenvalue weighted by molar-refractivity contribution is 7.99. The Morgan fingerprint density at radius 1 is 1.35 bits per heavy atom. The van der Waals surface area contributed by atoms with Crippen LogP contribution in [0.4, 0.5) is 0 Å². The Kier molecular flexibility index (Phi) is 3.70. The molecule has 4 nitrogen and oxygen atoms in total. The molecule has 0 saturated heterocycles. The van der Waals surface area contributed by atoms with E-state index in [-0.39, 0.29) is 0 Å². The summed E-state index contributed by atoms with van der Waals surface area (Å²) in [6, 6.07) is 6.97. The highest BCUT2D eigenvalue weighted by Gasteiger charge is 2.24. The summed E-state index contributed by atoms with van der Waals surface area (Å²) in [5.41, 5.74) is 7.60. The van der Waals surface area contributed by atoms with Crippen molar-refractivity contribution in [1.29, 1.82) is 0 Å². The van der Waals surface area contributed by atoms with E-state index in [1.807, 2.05) is 0 Å². The zero-order chi connectivity index (χ0) is 14.1. The Labute approximate surface area is 124 Å². The fourth-order valence-corrected chi connectivity index (χ4v) is 3.51. The van der Waals surface area contributed by atoms with Gasteiger partial charge in [-0.05, 0) is 31.4 Å². The van der Waals surface area contributed by atoms with Crippen molar-refractivity contribution in [2.24, 2.45) is 0 Å². The molecule has 0 radical (unpaired) electrons. The Balaban J connectivity index is 1.91. The number of benzene rings is 1. The monoisotopic (exact) mass is 288 g/mol. The lowest BCUT2D eigenvalue weighted by atomic mass is 10.0. The maximum atomic E-state index is 4.29. The molecule has 0 aliphatic carbocycles. The van der Waals surface area contributed by atoms with Crippen molar-refractivity contribution in [2.75, 3.05) is 11.2 Å². The number of aromatic nitrogens is 3. The maximum absolute atomic E-state index is 4.29. The van der Waals surface area contributed by atoms with Gasteiger partial charge in [0.05, 0.1) is 6.04 Å². The van der Waals surface area contributed by atoms with Crippen LogP contribution in [0.5, 0.6) is 0 Å². The van der Waals surface area contributed by atoms with Crippen molar-refractivity contribution in [2.45, 2.75) is 44.8 Å². The zero-order valence-corrected chi connectivity index (χ0v) is 13.0. The molecule has 2 heterocycles. The predicted octanol–water partition coefficient (Wildman–Crippen LogP) is 3.24. The number of hydrogen-bond acceptors (Lipinski definition) is 4. The average Bonchev–Trinajstić information content (AvgIpc) is 2.84. The molecule has 0 fully saturated rings. The number of hydrogen-bond donors (Lipinski definition) is 1. The first-order chi connectivity index (χ1) is 9.69. The van der Waals surface area contributed by atoms with E-state index in [1.165, 1.54) is 16.7 Å². The summed E-state index contributed by atoms with van der Waals surface area (Å²) >= 11 is 1.78. The molecule has 20 heavy (non-hydrogen) atoms. The largest absolute Gasteiger partial charge is 0.314 e. The van der Waals surface area contributed by atoms with Gasteiger partial charge in [0.15, 0.2) is 5.82 Å². The van der Waals surface area contributed by atoms with Crippen LogP contribution in [-0.2, 0) is 6.42 Å². The highest BCUT2D eigenvalue weighted by atomic mass is 32.2. The molecule has 1 atom stereocenters. The van der Waals surface area contributed by atoms with Crippen molar-refractivity contribution < 1.29 is 0 Å². The van der Waals surface area contributed by atoms with Crippen LogP contribution in [0.15, 0.2) is 23.4 Å². The summed E-state index contributed by atoms with van der Waals surface area (Å²) < 4.78 is 2.07. The van der Waals surface area contributed by atoms with E-state index in [1.54, 1.807) is 11.8 Å². The third kappa shape index (κ3) is 2.42. The Morgan fingerprint density at radius 2 is 2.20 bits per heavy atom. The standard InChI is InChI=1S/C15H20N4S/c1-4-5-14-16-17-15-19(14)18-13(9-20-15)12-8-10(2)6-7-11(12)3/h6-8,13,18H,4-5,9H2,1-3H3. The normalized spacial score (nSPS) is 17.6. The molecule has 2 aromatic rings. The van der Waals surface area contributed by atoms with Gasteiger partial charge in [0.1, 0.15) is 0 Å². The fraction of sp³-hybridized carbons (Fsp3) is 0.467. The van der Waals surface area contributed by atoms with E-state index >= 15 is 0 Å². The summed E-state index contributed by atoms with van der Waals surface area (Å²) in [7, 11) is 0. The van der Waals surface area contributed by atoms with Crippen molar-refractivity contribution in [1.82, 2.24) is 14.9 Å². The second-order valence-electron chi connectivity index (χ2n) is 5.34. The van der Waals surface area contributed by atoms with Crippen LogP contribution in [0, 0.1) is 13.8 Å². The fourth-order valence-electron chi connectivity index (χ4n) is 2.55. The molecule has 0 spiro atoms. The molecule has 106 valence electrons. The molecule has 0 amide bonds. The Morgan fingerprint density at radius 3 is 3.00 bits per heavy atom. The first-order valence-electron chi connectivity index (χ1n) is 7.10. The van der Waals surface area contributed by atoms with Crippen molar-refractivity contribution >= 4 is 11.8 Å². The Bertz CT molecular complexity index is 620. The molecule has 1 aliphatic heterocycles. The molecule has 1 unspecified atom stereocenters. The third-order valence-electron chi connectivity index (χ3n) is 3.65. The lowest BCUT2D eigenvalue weighted by Gasteiger charge is -2.27. The van der Waals surface area contributed by atoms with Crippen LogP contribution in [0.2, 0.25) is 0 Å². The van der Waals surface area contributed by atoms with Gasteiger partial charge in [-0.3, -0.25) is 0 Å². The van der Waals surface area contributed by atoms with Crippen LogP contribution < -0.4 is 5.43 Å². The van der Waals surface area contributed by atoms with Crippen molar-refractivity contribution in [3.05, 3.63) is 40.7 Å². The maximum Gasteiger partial charge on any atom is 0.210 e. The van der Waals surface area contributed by atoms with Gasteiger partial charge in [-0.2, -0.15) is 0 Å². The van der Waals surface area contributed by atoms with Gasteiger partial charge in [-0.25, -0.2) is 4.68 Å². The number of nitrogens with zero attached hydrogens (tertiary/aromatic N) is 3. The van der Waals surface area contributed by atoms with E-state index in [2.05, 4.69) is 59.3 Å². The molecule has 3 rings (SSSR count). The molecule has 1 aromatic heterocycles. The van der Waals surface area contributed by atoms with Crippen LogP contribution in [0.3, 0.4) is 0 Å². The second kappa shape index (κ2) is 5.48.